The normalized spacial score (nSPS) is 12.8. The summed E-state index contributed by atoms with van der Waals surface area (Å²) in [6.45, 7) is 8.46. The minimum Gasteiger partial charge on any atom is -0.488 e. The van der Waals surface area contributed by atoms with Crippen LogP contribution in [0.3, 0.4) is 0 Å². The molecule has 0 aliphatic heterocycles. The van der Waals surface area contributed by atoms with E-state index in [0.717, 1.165) is 35.7 Å². The van der Waals surface area contributed by atoms with Crippen LogP contribution >= 0.6 is 0 Å². The Hall–Kier alpha value is -1.61. The zero-order valence-electron chi connectivity index (χ0n) is 12.6. The van der Waals surface area contributed by atoms with Gasteiger partial charge in [-0.1, -0.05) is 32.0 Å². The lowest BCUT2D eigenvalue weighted by Crippen LogP contribution is -2.30. The van der Waals surface area contributed by atoms with Crippen molar-refractivity contribution in [1.82, 2.24) is 10.3 Å². The molecule has 0 aliphatic carbocycles. The predicted octanol–water partition coefficient (Wildman–Crippen LogP) is 3.64. The Morgan fingerprint density at radius 3 is 2.80 bits per heavy atom. The number of ether oxygens (including phenoxy) is 1. The molecule has 0 radical (unpaired) electrons. The molecular weight excluding hydrogens is 248 g/mol. The summed E-state index contributed by atoms with van der Waals surface area (Å²) >= 11 is 0. The van der Waals surface area contributed by atoms with Crippen LogP contribution in [0.2, 0.25) is 0 Å². The molecule has 108 valence electrons. The van der Waals surface area contributed by atoms with E-state index in [4.69, 9.17) is 4.74 Å². The fourth-order valence-corrected chi connectivity index (χ4v) is 2.09. The third-order valence-corrected chi connectivity index (χ3v) is 3.23. The van der Waals surface area contributed by atoms with Gasteiger partial charge in [-0.15, -0.1) is 0 Å². The summed E-state index contributed by atoms with van der Waals surface area (Å²) in [5.41, 5.74) is 1.00. The lowest BCUT2D eigenvalue weighted by atomic mass is 10.1. The lowest BCUT2D eigenvalue weighted by molar-refractivity contribution is 0.216. The highest BCUT2D eigenvalue weighted by molar-refractivity contribution is 5.79. The number of rotatable bonds is 7. The molecule has 0 amide bonds. The summed E-state index contributed by atoms with van der Waals surface area (Å²) in [4.78, 5) is 4.41. The average Bonchev–Trinajstić information content (AvgIpc) is 2.43. The van der Waals surface area contributed by atoms with Gasteiger partial charge in [0.2, 0.25) is 0 Å². The van der Waals surface area contributed by atoms with Crippen molar-refractivity contribution in [3.63, 3.8) is 0 Å². The van der Waals surface area contributed by atoms with Crippen molar-refractivity contribution in [3.05, 3.63) is 36.5 Å². The largest absolute Gasteiger partial charge is 0.488 e. The van der Waals surface area contributed by atoms with E-state index in [9.17, 15) is 0 Å². The molecule has 20 heavy (non-hydrogen) atoms. The highest BCUT2D eigenvalue weighted by Crippen LogP contribution is 2.18. The van der Waals surface area contributed by atoms with Gasteiger partial charge >= 0.3 is 0 Å². The minimum absolute atomic E-state index is 0.144. The van der Waals surface area contributed by atoms with Gasteiger partial charge in [-0.05, 0) is 37.9 Å². The molecule has 0 saturated heterocycles. The van der Waals surface area contributed by atoms with Crippen molar-refractivity contribution in [2.75, 3.05) is 13.1 Å². The van der Waals surface area contributed by atoms with E-state index in [2.05, 4.69) is 37.1 Å². The molecule has 1 heterocycles. The van der Waals surface area contributed by atoms with Crippen LogP contribution in [-0.4, -0.2) is 24.2 Å². The fraction of sp³-hybridized carbons (Fsp3) is 0.471. The third kappa shape index (κ3) is 4.49. The van der Waals surface area contributed by atoms with Gasteiger partial charge in [0.05, 0.1) is 11.7 Å². The van der Waals surface area contributed by atoms with Crippen LogP contribution in [0.1, 0.15) is 27.2 Å². The number of para-hydroxylation sites is 1. The maximum absolute atomic E-state index is 5.90. The molecule has 1 unspecified atom stereocenters. The summed E-state index contributed by atoms with van der Waals surface area (Å²) in [6, 6.07) is 10.1. The molecular formula is C17H24N2O. The number of hydrogen-bond donors (Lipinski definition) is 1. The van der Waals surface area contributed by atoms with E-state index in [-0.39, 0.29) is 6.10 Å². The second-order valence-corrected chi connectivity index (χ2v) is 5.68. The van der Waals surface area contributed by atoms with E-state index < -0.39 is 0 Å². The van der Waals surface area contributed by atoms with Crippen LogP contribution in [0.5, 0.6) is 5.75 Å². The van der Waals surface area contributed by atoms with Gasteiger partial charge in [0, 0.05) is 11.9 Å². The fourth-order valence-electron chi connectivity index (χ4n) is 2.09. The Labute approximate surface area is 121 Å². The molecule has 1 aromatic heterocycles. The molecule has 2 rings (SSSR count). The second kappa shape index (κ2) is 7.25. The number of benzene rings is 1. The number of pyridine rings is 1. The van der Waals surface area contributed by atoms with E-state index in [0.29, 0.717) is 0 Å². The van der Waals surface area contributed by atoms with Gasteiger partial charge in [0.15, 0.2) is 0 Å². The summed E-state index contributed by atoms with van der Waals surface area (Å²) < 4.78 is 5.90. The molecule has 3 heteroatoms. The van der Waals surface area contributed by atoms with Crippen molar-refractivity contribution in [3.8, 4) is 5.75 Å². The zero-order valence-corrected chi connectivity index (χ0v) is 12.6. The molecule has 1 N–H and O–H groups in total. The first kappa shape index (κ1) is 14.8. The van der Waals surface area contributed by atoms with Crippen LogP contribution in [0.4, 0.5) is 0 Å². The number of fused-ring (bicyclic) bond motifs is 1. The number of hydrogen-bond acceptors (Lipinski definition) is 3. The first-order valence-electron chi connectivity index (χ1n) is 7.37. The first-order chi connectivity index (χ1) is 9.65. The number of nitrogens with one attached hydrogen (secondary N) is 1. The molecule has 3 nitrogen and oxygen atoms in total. The van der Waals surface area contributed by atoms with Crippen molar-refractivity contribution >= 4 is 10.9 Å². The minimum atomic E-state index is 0.144. The molecule has 0 aliphatic rings. The Balaban J connectivity index is 1.84. The van der Waals surface area contributed by atoms with Gasteiger partial charge in [0.1, 0.15) is 11.9 Å². The van der Waals surface area contributed by atoms with Crippen molar-refractivity contribution < 1.29 is 4.74 Å². The van der Waals surface area contributed by atoms with Gasteiger partial charge in [-0.25, -0.2) is 0 Å². The highest BCUT2D eigenvalue weighted by atomic mass is 16.5. The maximum atomic E-state index is 5.90. The molecule has 0 bridgehead atoms. The van der Waals surface area contributed by atoms with E-state index >= 15 is 0 Å². The maximum Gasteiger partial charge on any atom is 0.138 e. The van der Waals surface area contributed by atoms with Crippen LogP contribution in [0.25, 0.3) is 10.9 Å². The van der Waals surface area contributed by atoms with Crippen molar-refractivity contribution in [1.29, 1.82) is 0 Å². The number of aromatic nitrogens is 1. The molecule has 2 aromatic rings. The van der Waals surface area contributed by atoms with Crippen molar-refractivity contribution in [2.45, 2.75) is 33.3 Å². The van der Waals surface area contributed by atoms with E-state index in [1.165, 1.54) is 6.42 Å². The third-order valence-electron chi connectivity index (χ3n) is 3.23. The molecule has 1 aromatic carbocycles. The van der Waals surface area contributed by atoms with Gasteiger partial charge in [-0.3, -0.25) is 4.98 Å². The molecule has 1 atom stereocenters. The van der Waals surface area contributed by atoms with Crippen LogP contribution in [-0.2, 0) is 0 Å². The van der Waals surface area contributed by atoms with Gasteiger partial charge in [-0.2, -0.15) is 0 Å². The predicted molar refractivity (Wildman–Crippen MR) is 84.2 cm³/mol. The standard InChI is InChI=1S/C17H24N2O/c1-13(2)8-9-18-11-14(3)20-16-10-15-6-4-5-7-17(15)19-12-16/h4-7,10,12-14,18H,8-9,11H2,1-3H3. The topological polar surface area (TPSA) is 34.1 Å². The van der Waals surface area contributed by atoms with Crippen LogP contribution in [0, 0.1) is 5.92 Å². The molecule has 0 spiro atoms. The van der Waals surface area contributed by atoms with Crippen molar-refractivity contribution in [2.24, 2.45) is 5.92 Å². The monoisotopic (exact) mass is 272 g/mol. The first-order valence-corrected chi connectivity index (χ1v) is 7.37. The van der Waals surface area contributed by atoms with Crippen LogP contribution in [0.15, 0.2) is 36.5 Å². The summed E-state index contributed by atoms with van der Waals surface area (Å²) in [5.74, 6) is 1.57. The summed E-state index contributed by atoms with van der Waals surface area (Å²) in [5, 5.41) is 4.54. The van der Waals surface area contributed by atoms with E-state index in [1.54, 1.807) is 6.20 Å². The molecule has 0 saturated carbocycles. The van der Waals surface area contributed by atoms with E-state index in [1.807, 2.05) is 24.3 Å². The SMILES string of the molecule is CC(C)CCNCC(C)Oc1cnc2ccccc2c1. The Kier molecular flexibility index (Phi) is 5.36. The Morgan fingerprint density at radius 1 is 1.20 bits per heavy atom. The van der Waals surface area contributed by atoms with Crippen LogP contribution < -0.4 is 10.1 Å². The Bertz CT molecular complexity index is 539. The smallest absolute Gasteiger partial charge is 0.138 e. The summed E-state index contributed by atoms with van der Waals surface area (Å²) in [7, 11) is 0. The zero-order chi connectivity index (χ0) is 14.4. The summed E-state index contributed by atoms with van der Waals surface area (Å²) in [6.07, 6.45) is 3.14. The van der Waals surface area contributed by atoms with Gasteiger partial charge < -0.3 is 10.1 Å². The lowest BCUT2D eigenvalue weighted by Gasteiger charge is -2.16. The Morgan fingerprint density at radius 2 is 2.00 bits per heavy atom. The quantitative estimate of drug-likeness (QED) is 0.781. The number of nitrogens with zero attached hydrogens (tertiary/aromatic N) is 1. The van der Waals surface area contributed by atoms with Gasteiger partial charge in [0.25, 0.3) is 0 Å². The highest BCUT2D eigenvalue weighted by Gasteiger charge is 2.05. The average molecular weight is 272 g/mol. The molecule has 0 fully saturated rings. The second-order valence-electron chi connectivity index (χ2n) is 5.68.